The molecule has 0 aliphatic carbocycles. The quantitative estimate of drug-likeness (QED) is 0.391. The van der Waals surface area contributed by atoms with E-state index in [1.165, 1.54) is 0 Å². The van der Waals surface area contributed by atoms with Gasteiger partial charge < -0.3 is 14.6 Å². The predicted octanol–water partition coefficient (Wildman–Crippen LogP) is -2.70. The van der Waals surface area contributed by atoms with E-state index in [9.17, 15) is 14.1 Å². The Morgan fingerprint density at radius 3 is 2.83 bits per heavy atom. The summed E-state index contributed by atoms with van der Waals surface area (Å²) in [5.74, 6) is -0.707. The molecule has 1 aliphatic rings. The molecule has 70 valence electrons. The molecule has 0 saturated carbocycles. The number of halogens is 1. The second-order valence-electron chi connectivity index (χ2n) is 2.30. The van der Waals surface area contributed by atoms with E-state index in [2.05, 4.69) is 14.6 Å². The third-order valence-electron chi connectivity index (χ3n) is 1.51. The average molecular weight is 198 g/mol. The second-order valence-corrected chi connectivity index (χ2v) is 2.81. The molecule has 1 atom stereocenters. The number of hydrogen-bond donors (Lipinski definition) is 1. The molecule has 6 nitrogen and oxygen atoms in total. The molecule has 12 heavy (non-hydrogen) atoms. The van der Waals surface area contributed by atoms with Crippen molar-refractivity contribution in [3.63, 3.8) is 0 Å². The maximum absolute atomic E-state index is 10.9. The summed E-state index contributed by atoms with van der Waals surface area (Å²) < 4.78 is 23.1. The summed E-state index contributed by atoms with van der Waals surface area (Å²) in [7, 11) is -2.50. The molecule has 0 spiro atoms. The molecule has 1 fully saturated rings. The topological polar surface area (TPSA) is 93.7 Å². The first-order valence-electron chi connectivity index (χ1n) is 3.38. The fourth-order valence-electron chi connectivity index (χ4n) is 1.00. The van der Waals surface area contributed by atoms with Crippen LogP contribution in [0.25, 0.3) is 0 Å². The highest BCUT2D eigenvalue weighted by molar-refractivity contribution is 5.75. The van der Waals surface area contributed by atoms with Gasteiger partial charge in [-0.05, 0) is 19.4 Å². The Kier molecular flexibility index (Phi) is 3.70. The van der Waals surface area contributed by atoms with Gasteiger partial charge in [-0.25, -0.2) is 9.68 Å². The maximum Gasteiger partial charge on any atom is 0.369 e. The van der Waals surface area contributed by atoms with Gasteiger partial charge in [-0.15, -0.1) is 0 Å². The van der Waals surface area contributed by atoms with Crippen LogP contribution in [0.3, 0.4) is 0 Å². The fraction of sp³-hybridized carbons (Fsp3) is 0.800. The predicted molar refractivity (Wildman–Crippen MR) is 28.2 cm³/mol. The minimum absolute atomic E-state index is 0.442. The summed E-state index contributed by atoms with van der Waals surface area (Å²) in [5, 5.41) is 2.82. The summed E-state index contributed by atoms with van der Waals surface area (Å²) in [5.41, 5.74) is 0. The molecule has 1 aliphatic heterocycles. The van der Waals surface area contributed by atoms with Crippen LogP contribution in [0.15, 0.2) is 0 Å². The molecule has 1 saturated heterocycles. The monoisotopic (exact) mass is 197 g/mol. The summed E-state index contributed by atoms with van der Waals surface area (Å²) in [6.45, 7) is 0.733. The molecule has 0 amide bonds. The van der Waals surface area contributed by atoms with E-state index in [0.29, 0.717) is 6.42 Å². The van der Waals surface area contributed by atoms with Crippen LogP contribution in [0.2, 0.25) is 0 Å². The Balaban J connectivity index is 2.18. The minimum atomic E-state index is -2.50. The van der Waals surface area contributed by atoms with Crippen LogP contribution in [0.1, 0.15) is 12.8 Å². The molecule has 1 heterocycles. The number of hydrogen-bond acceptors (Lipinski definition) is 6. The molecule has 0 radical (unpaired) electrons. The van der Waals surface area contributed by atoms with Gasteiger partial charge in [0.05, 0.1) is 0 Å². The van der Waals surface area contributed by atoms with Gasteiger partial charge in [-0.3, -0.25) is 0 Å². The molecule has 0 aromatic rings. The van der Waals surface area contributed by atoms with Crippen molar-refractivity contribution in [2.24, 2.45) is 0 Å². The third kappa shape index (κ3) is 2.92. The zero-order chi connectivity index (χ0) is 8.97. The lowest BCUT2D eigenvalue weighted by atomic mass is 10.2. The lowest BCUT2D eigenvalue weighted by Gasteiger charge is -2.03. The smallest absolute Gasteiger partial charge is 0.317 e. The number of rotatable bonds is 3. The SMILES string of the molecule is O=C(OO[Cl+2]([O-])[O-])C1CCCN1. The van der Waals surface area contributed by atoms with Crippen LogP contribution in [-0.4, -0.2) is 18.6 Å². The van der Waals surface area contributed by atoms with E-state index in [0.717, 1.165) is 13.0 Å². The normalized spacial score (nSPS) is 23.1. The van der Waals surface area contributed by atoms with Gasteiger partial charge in [-0.1, -0.05) is 0 Å². The van der Waals surface area contributed by atoms with Crippen molar-refractivity contribution < 1.29 is 34.2 Å². The van der Waals surface area contributed by atoms with Gasteiger partial charge in [0.2, 0.25) is 0 Å². The number of nitrogens with one attached hydrogen (secondary N) is 1. The molecule has 1 rings (SSSR count). The van der Waals surface area contributed by atoms with Gasteiger partial charge in [0, 0.05) is 0 Å². The molecule has 0 aromatic carbocycles. The van der Waals surface area contributed by atoms with Crippen molar-refractivity contribution in [3.8, 4) is 0 Å². The van der Waals surface area contributed by atoms with E-state index in [4.69, 9.17) is 0 Å². The first-order chi connectivity index (χ1) is 5.70. The summed E-state index contributed by atoms with van der Waals surface area (Å²) in [6, 6.07) is -0.442. The van der Waals surface area contributed by atoms with E-state index >= 15 is 0 Å². The van der Waals surface area contributed by atoms with Gasteiger partial charge >= 0.3 is 16.8 Å². The van der Waals surface area contributed by atoms with Gasteiger partial charge in [0.1, 0.15) is 6.04 Å². The van der Waals surface area contributed by atoms with Crippen molar-refractivity contribution in [3.05, 3.63) is 0 Å². The van der Waals surface area contributed by atoms with Crippen molar-refractivity contribution >= 4 is 5.97 Å². The van der Waals surface area contributed by atoms with E-state index < -0.39 is 22.8 Å². The molecule has 1 N–H and O–H groups in total. The number of carbonyl (C=O) groups excluding carboxylic acids is 1. The van der Waals surface area contributed by atoms with Crippen molar-refractivity contribution in [2.45, 2.75) is 18.9 Å². The van der Waals surface area contributed by atoms with Crippen molar-refractivity contribution in [1.82, 2.24) is 5.32 Å². The average Bonchev–Trinajstić information content (AvgIpc) is 2.51. The second kappa shape index (κ2) is 4.58. The van der Waals surface area contributed by atoms with Gasteiger partial charge in [0.15, 0.2) is 0 Å². The maximum atomic E-state index is 10.9. The van der Waals surface area contributed by atoms with Gasteiger partial charge in [-0.2, -0.15) is 0 Å². The van der Waals surface area contributed by atoms with E-state index in [1.807, 2.05) is 0 Å². The fourth-order valence-corrected chi connectivity index (χ4v) is 1.11. The first kappa shape index (κ1) is 9.69. The zero-order valence-electron chi connectivity index (χ0n) is 6.12. The molecule has 7 heteroatoms. The number of carbonyl (C=O) groups is 1. The standard InChI is InChI=1S/C5H8ClNO5/c8-5(11-12-6(9)10)4-2-1-3-7-4/h4,7H,1-3H2. The van der Waals surface area contributed by atoms with Crippen LogP contribution >= 0.6 is 0 Å². The highest BCUT2D eigenvalue weighted by Gasteiger charge is 2.27. The lowest BCUT2D eigenvalue weighted by Crippen LogP contribution is -2.38. The highest BCUT2D eigenvalue weighted by Crippen LogP contribution is 2.06. The summed E-state index contributed by atoms with van der Waals surface area (Å²) in [6.07, 6.45) is 1.51. The Labute approximate surface area is 71.8 Å². The van der Waals surface area contributed by atoms with E-state index in [-0.39, 0.29) is 0 Å². The first-order valence-corrected chi connectivity index (χ1v) is 4.30. The van der Waals surface area contributed by atoms with Crippen LogP contribution in [0, 0.1) is 10.8 Å². The Hall–Kier alpha value is -0.400. The molecular weight excluding hydrogens is 190 g/mol. The molecule has 0 aromatic heterocycles. The Morgan fingerprint density at radius 1 is 1.58 bits per heavy atom. The zero-order valence-corrected chi connectivity index (χ0v) is 6.87. The van der Waals surface area contributed by atoms with Crippen molar-refractivity contribution in [1.29, 1.82) is 0 Å². The largest absolute Gasteiger partial charge is 0.369 e. The van der Waals surface area contributed by atoms with Crippen molar-refractivity contribution in [2.75, 3.05) is 6.54 Å². The Morgan fingerprint density at radius 2 is 2.33 bits per heavy atom. The van der Waals surface area contributed by atoms with Crippen LogP contribution < -0.4 is 14.6 Å². The van der Waals surface area contributed by atoms with Crippen LogP contribution in [-0.2, 0) is 14.1 Å². The lowest BCUT2D eigenvalue weighted by molar-refractivity contribution is -1.64. The molecular formula is C5H8ClNO5. The molecule has 0 bridgehead atoms. The Bertz CT molecular complexity index is 158. The highest BCUT2D eigenvalue weighted by atomic mass is 35.6. The minimum Gasteiger partial charge on any atom is -0.317 e. The van der Waals surface area contributed by atoms with Crippen LogP contribution in [0.5, 0.6) is 0 Å². The summed E-state index contributed by atoms with van der Waals surface area (Å²) in [4.78, 5) is 14.8. The van der Waals surface area contributed by atoms with Crippen LogP contribution in [0.4, 0.5) is 0 Å². The summed E-state index contributed by atoms with van der Waals surface area (Å²) >= 11 is 0. The van der Waals surface area contributed by atoms with Gasteiger partial charge in [0.25, 0.3) is 4.44 Å². The third-order valence-corrected chi connectivity index (χ3v) is 1.68. The molecule has 1 unspecified atom stereocenters. The van der Waals surface area contributed by atoms with E-state index in [1.54, 1.807) is 0 Å².